The number of hydrogen-bond acceptors (Lipinski definition) is 3. The van der Waals surface area contributed by atoms with Crippen molar-refractivity contribution in [3.63, 3.8) is 0 Å². The molecule has 0 rings (SSSR count). The van der Waals surface area contributed by atoms with Crippen molar-refractivity contribution in [3.8, 4) is 0 Å². The lowest BCUT2D eigenvalue weighted by atomic mass is 10.1. The van der Waals surface area contributed by atoms with Gasteiger partial charge in [0.2, 0.25) is 5.91 Å². The molecule has 0 spiro atoms. The van der Waals surface area contributed by atoms with Crippen LogP contribution in [-0.2, 0) is 9.59 Å². The van der Waals surface area contributed by atoms with Gasteiger partial charge >= 0.3 is 5.97 Å². The molecule has 84 valence electrons. The van der Waals surface area contributed by atoms with E-state index in [4.69, 9.17) is 10.5 Å². The Morgan fingerprint density at radius 1 is 1.60 bits per heavy atom. The van der Waals surface area contributed by atoms with E-state index < -0.39 is 12.0 Å². The maximum absolute atomic E-state index is 11.2. The molecule has 1 atom stereocenters. The second-order valence-corrected chi connectivity index (χ2v) is 3.27. The van der Waals surface area contributed by atoms with E-state index in [1.54, 1.807) is 6.08 Å². The summed E-state index contributed by atoms with van der Waals surface area (Å²) in [6, 6.07) is -1.00. The van der Waals surface area contributed by atoms with E-state index in [0.29, 0.717) is 6.42 Å². The Balaban J connectivity index is 4.16. The molecule has 0 aromatic carbocycles. The zero-order chi connectivity index (χ0) is 11.8. The summed E-state index contributed by atoms with van der Waals surface area (Å²) in [5, 5.41) is 18.3. The summed E-state index contributed by atoms with van der Waals surface area (Å²) in [7, 11) is 0. The van der Waals surface area contributed by atoms with Gasteiger partial charge in [-0.3, -0.25) is 4.79 Å². The first-order valence-electron chi connectivity index (χ1n) is 4.64. The number of hydrogen-bond donors (Lipinski definition) is 3. The summed E-state index contributed by atoms with van der Waals surface area (Å²) in [5.74, 6) is -1.45. The van der Waals surface area contributed by atoms with E-state index in [-0.39, 0.29) is 24.5 Å². The number of carboxylic acids is 1. The van der Waals surface area contributed by atoms with Crippen molar-refractivity contribution >= 4 is 17.6 Å². The smallest absolute Gasteiger partial charge is 0.326 e. The fourth-order valence-electron chi connectivity index (χ4n) is 1.01. The molecule has 0 saturated carbocycles. The molecule has 15 heavy (non-hydrogen) atoms. The van der Waals surface area contributed by atoms with Crippen LogP contribution in [0, 0.1) is 5.41 Å². The number of nitrogens with one attached hydrogen (secondary N) is 2. The number of rotatable bonds is 7. The Morgan fingerprint density at radius 3 is 2.60 bits per heavy atom. The van der Waals surface area contributed by atoms with Crippen molar-refractivity contribution in [2.45, 2.75) is 32.2 Å². The van der Waals surface area contributed by atoms with Crippen LogP contribution in [0.15, 0.2) is 12.7 Å². The second-order valence-electron chi connectivity index (χ2n) is 3.27. The largest absolute Gasteiger partial charge is 0.480 e. The summed E-state index contributed by atoms with van der Waals surface area (Å²) >= 11 is 0. The van der Waals surface area contributed by atoms with Crippen LogP contribution in [-0.4, -0.2) is 28.7 Å². The zero-order valence-electron chi connectivity index (χ0n) is 8.75. The summed E-state index contributed by atoms with van der Waals surface area (Å²) in [5.41, 5.74) is 0.228. The molecule has 1 amide bonds. The van der Waals surface area contributed by atoms with Gasteiger partial charge in [-0.25, -0.2) is 4.79 Å². The molecule has 0 radical (unpaired) electrons. The second kappa shape index (κ2) is 6.75. The Bertz CT molecular complexity index is 274. The van der Waals surface area contributed by atoms with Gasteiger partial charge < -0.3 is 15.8 Å². The monoisotopic (exact) mass is 212 g/mol. The van der Waals surface area contributed by atoms with Crippen LogP contribution >= 0.6 is 0 Å². The summed E-state index contributed by atoms with van der Waals surface area (Å²) in [4.78, 5) is 21.9. The maximum Gasteiger partial charge on any atom is 0.326 e. The average molecular weight is 212 g/mol. The molecule has 5 nitrogen and oxygen atoms in total. The first-order chi connectivity index (χ1) is 6.97. The molecule has 0 aromatic heterocycles. The Labute approximate surface area is 88.7 Å². The third-order valence-corrected chi connectivity index (χ3v) is 1.72. The van der Waals surface area contributed by atoms with Crippen LogP contribution in [0.4, 0.5) is 0 Å². The number of carbonyl (C=O) groups excluding carboxylic acids is 1. The van der Waals surface area contributed by atoms with E-state index in [9.17, 15) is 9.59 Å². The molecule has 0 unspecified atom stereocenters. The number of aliphatic carboxylic acids is 1. The quantitative estimate of drug-likeness (QED) is 0.433. The Morgan fingerprint density at radius 2 is 2.20 bits per heavy atom. The zero-order valence-corrected chi connectivity index (χ0v) is 8.75. The average Bonchev–Trinajstić information content (AvgIpc) is 2.12. The molecule has 3 N–H and O–H groups in total. The van der Waals surface area contributed by atoms with Crippen LogP contribution in [0.1, 0.15) is 26.2 Å². The lowest BCUT2D eigenvalue weighted by Gasteiger charge is -2.13. The molecule has 0 aliphatic carbocycles. The van der Waals surface area contributed by atoms with Gasteiger partial charge in [0.1, 0.15) is 6.04 Å². The fraction of sp³-hybridized carbons (Fsp3) is 0.500. The normalized spacial score (nSPS) is 11.5. The topological polar surface area (TPSA) is 90.3 Å². The van der Waals surface area contributed by atoms with Crippen LogP contribution in [0.2, 0.25) is 0 Å². The van der Waals surface area contributed by atoms with E-state index in [0.717, 1.165) is 0 Å². The predicted molar refractivity (Wildman–Crippen MR) is 57.0 cm³/mol. The minimum Gasteiger partial charge on any atom is -0.480 e. The maximum atomic E-state index is 11.2. The molecular formula is C10H16N2O3. The van der Waals surface area contributed by atoms with Gasteiger partial charge in [-0.1, -0.05) is 6.08 Å². The van der Waals surface area contributed by atoms with Gasteiger partial charge in [0.15, 0.2) is 0 Å². The highest BCUT2D eigenvalue weighted by atomic mass is 16.4. The number of allylic oxidation sites excluding steroid dienone is 1. The third kappa shape index (κ3) is 6.42. The van der Waals surface area contributed by atoms with Crippen molar-refractivity contribution in [1.29, 1.82) is 5.41 Å². The fourth-order valence-corrected chi connectivity index (χ4v) is 1.01. The van der Waals surface area contributed by atoms with Gasteiger partial charge in [0.05, 0.1) is 0 Å². The van der Waals surface area contributed by atoms with E-state index in [1.807, 2.05) is 0 Å². The van der Waals surface area contributed by atoms with Gasteiger partial charge in [-0.15, -0.1) is 6.58 Å². The summed E-state index contributed by atoms with van der Waals surface area (Å²) in [6.07, 6.45) is 2.37. The Hall–Kier alpha value is -1.65. The van der Waals surface area contributed by atoms with Crippen LogP contribution < -0.4 is 5.32 Å². The first-order valence-corrected chi connectivity index (χ1v) is 4.64. The van der Waals surface area contributed by atoms with Gasteiger partial charge in [0, 0.05) is 18.6 Å². The molecule has 0 aromatic rings. The highest BCUT2D eigenvalue weighted by Gasteiger charge is 2.19. The molecule has 0 aliphatic heterocycles. The van der Waals surface area contributed by atoms with Crippen LogP contribution in [0.3, 0.4) is 0 Å². The summed E-state index contributed by atoms with van der Waals surface area (Å²) in [6.45, 7) is 4.97. The highest BCUT2D eigenvalue weighted by molar-refractivity contribution is 5.89. The molecule has 0 heterocycles. The van der Waals surface area contributed by atoms with E-state index in [2.05, 4.69) is 11.9 Å². The Kier molecular flexibility index (Phi) is 6.01. The van der Waals surface area contributed by atoms with Crippen molar-refractivity contribution in [2.75, 3.05) is 0 Å². The van der Waals surface area contributed by atoms with Crippen molar-refractivity contribution in [2.24, 2.45) is 0 Å². The number of carboxylic acid groups (broad SMARTS) is 1. The lowest BCUT2D eigenvalue weighted by Crippen LogP contribution is -2.41. The number of amides is 1. The molecule has 5 heteroatoms. The van der Waals surface area contributed by atoms with E-state index >= 15 is 0 Å². The van der Waals surface area contributed by atoms with Gasteiger partial charge in [-0.05, 0) is 13.3 Å². The SMILES string of the molecule is C=CCCC(=O)N[C@@H](CC(C)=N)C(=O)O. The minimum atomic E-state index is -1.12. The third-order valence-electron chi connectivity index (χ3n) is 1.72. The van der Waals surface area contributed by atoms with Gasteiger partial charge in [-0.2, -0.15) is 0 Å². The van der Waals surface area contributed by atoms with Crippen molar-refractivity contribution in [3.05, 3.63) is 12.7 Å². The lowest BCUT2D eigenvalue weighted by molar-refractivity contribution is -0.141. The standard InChI is InChI=1S/C10H16N2O3/c1-3-4-5-9(13)12-8(10(14)15)6-7(2)11/h3,8,11H,1,4-6H2,2H3,(H,12,13)(H,14,15)/t8-/m0/s1. The highest BCUT2D eigenvalue weighted by Crippen LogP contribution is 1.97. The van der Waals surface area contributed by atoms with Crippen LogP contribution in [0.5, 0.6) is 0 Å². The minimum absolute atomic E-state index is 0.0369. The summed E-state index contributed by atoms with van der Waals surface area (Å²) < 4.78 is 0. The molecule has 0 fully saturated rings. The van der Waals surface area contributed by atoms with E-state index in [1.165, 1.54) is 6.92 Å². The number of carbonyl (C=O) groups is 2. The molecule has 0 aliphatic rings. The van der Waals surface area contributed by atoms with Crippen molar-refractivity contribution < 1.29 is 14.7 Å². The van der Waals surface area contributed by atoms with Crippen molar-refractivity contribution in [1.82, 2.24) is 5.32 Å². The first kappa shape index (κ1) is 13.4. The predicted octanol–water partition coefficient (Wildman–Crippen LogP) is 0.952. The van der Waals surface area contributed by atoms with Crippen LogP contribution in [0.25, 0.3) is 0 Å². The molecular weight excluding hydrogens is 196 g/mol. The molecule has 0 saturated heterocycles. The molecule has 0 bridgehead atoms. The van der Waals surface area contributed by atoms with Gasteiger partial charge in [0.25, 0.3) is 0 Å².